The molecule has 1 aliphatic rings. The van der Waals surface area contributed by atoms with E-state index in [1.807, 2.05) is 13.1 Å². The highest BCUT2D eigenvalue weighted by atomic mass is 16.3. The molecule has 16 heavy (non-hydrogen) atoms. The Labute approximate surface area is 96.1 Å². The van der Waals surface area contributed by atoms with Crippen molar-refractivity contribution in [3.8, 4) is 0 Å². The van der Waals surface area contributed by atoms with Crippen LogP contribution in [0.25, 0.3) is 0 Å². The molecule has 1 unspecified atom stereocenters. The monoisotopic (exact) mass is 221 g/mol. The molecular weight excluding hydrogens is 202 g/mol. The zero-order valence-electron chi connectivity index (χ0n) is 9.69. The molecule has 1 aliphatic heterocycles. The van der Waals surface area contributed by atoms with Crippen LogP contribution >= 0.6 is 0 Å². The number of hydrogen-bond acceptors (Lipinski definition) is 4. The van der Waals surface area contributed by atoms with Gasteiger partial charge in [0.2, 0.25) is 0 Å². The Morgan fingerprint density at radius 1 is 1.62 bits per heavy atom. The lowest BCUT2D eigenvalue weighted by molar-refractivity contribution is 0.154. The minimum Gasteiger partial charge on any atom is -0.391 e. The molecule has 88 valence electrons. The Morgan fingerprint density at radius 3 is 3.06 bits per heavy atom. The number of aliphatic hydroxyl groups is 1. The van der Waals surface area contributed by atoms with Crippen molar-refractivity contribution in [2.45, 2.75) is 32.4 Å². The third-order valence-electron chi connectivity index (χ3n) is 3.04. The first-order chi connectivity index (χ1) is 7.70. The van der Waals surface area contributed by atoms with E-state index in [1.165, 1.54) is 0 Å². The number of nitrogens with zero attached hydrogens (tertiary/aromatic N) is 2. The number of aromatic nitrogens is 1. The van der Waals surface area contributed by atoms with E-state index in [4.69, 9.17) is 5.73 Å². The smallest absolute Gasteiger partial charge is 0.131 e. The fraction of sp³-hybridized carbons (Fsp3) is 0.583. The summed E-state index contributed by atoms with van der Waals surface area (Å²) in [5.74, 6) is 0.982. The van der Waals surface area contributed by atoms with Gasteiger partial charge < -0.3 is 15.7 Å². The van der Waals surface area contributed by atoms with E-state index in [1.54, 1.807) is 0 Å². The lowest BCUT2D eigenvalue weighted by atomic mass is 10.1. The van der Waals surface area contributed by atoms with Gasteiger partial charge in [0.05, 0.1) is 6.10 Å². The van der Waals surface area contributed by atoms with Crippen molar-refractivity contribution in [3.05, 3.63) is 23.4 Å². The van der Waals surface area contributed by atoms with E-state index in [0.717, 1.165) is 36.3 Å². The molecule has 4 nitrogen and oxygen atoms in total. The molecule has 0 saturated carbocycles. The molecule has 1 aromatic heterocycles. The van der Waals surface area contributed by atoms with E-state index in [2.05, 4.69) is 16.0 Å². The lowest BCUT2D eigenvalue weighted by Crippen LogP contribution is -2.39. The number of aryl methyl sites for hydroxylation is 1. The van der Waals surface area contributed by atoms with Gasteiger partial charge in [0, 0.05) is 25.8 Å². The van der Waals surface area contributed by atoms with Gasteiger partial charge in [-0.05, 0) is 37.0 Å². The van der Waals surface area contributed by atoms with Crippen molar-refractivity contribution in [1.82, 2.24) is 4.98 Å². The van der Waals surface area contributed by atoms with Crippen LogP contribution in [-0.2, 0) is 6.54 Å². The Balaban J connectivity index is 2.19. The van der Waals surface area contributed by atoms with Gasteiger partial charge in [0.25, 0.3) is 0 Å². The highest BCUT2D eigenvalue weighted by molar-refractivity contribution is 5.47. The maximum atomic E-state index is 9.64. The lowest BCUT2D eigenvalue weighted by Gasteiger charge is -2.32. The summed E-state index contributed by atoms with van der Waals surface area (Å²) in [5.41, 5.74) is 7.77. The van der Waals surface area contributed by atoms with Crippen LogP contribution in [0, 0.1) is 6.92 Å². The average Bonchev–Trinajstić information content (AvgIpc) is 2.28. The van der Waals surface area contributed by atoms with Crippen LogP contribution in [-0.4, -0.2) is 29.3 Å². The molecule has 2 heterocycles. The Kier molecular flexibility index (Phi) is 3.41. The summed E-state index contributed by atoms with van der Waals surface area (Å²) in [6.45, 7) is 4.24. The molecule has 0 spiro atoms. The molecule has 2 rings (SSSR count). The molecule has 4 heteroatoms. The standard InChI is InChI=1S/C12H19N3O/c1-9-5-10(6-13)7-14-12(9)15-4-2-3-11(16)8-15/h5,7,11,16H,2-4,6,8,13H2,1H3. The van der Waals surface area contributed by atoms with Gasteiger partial charge in [-0.25, -0.2) is 4.98 Å². The molecule has 0 bridgehead atoms. The summed E-state index contributed by atoms with van der Waals surface area (Å²) in [5, 5.41) is 9.64. The molecule has 0 aromatic carbocycles. The maximum Gasteiger partial charge on any atom is 0.131 e. The third kappa shape index (κ3) is 2.33. The fourth-order valence-electron chi connectivity index (χ4n) is 2.22. The second kappa shape index (κ2) is 4.80. The number of piperidine rings is 1. The number of aliphatic hydroxyl groups excluding tert-OH is 1. The first-order valence-corrected chi connectivity index (χ1v) is 5.79. The molecule has 0 radical (unpaired) electrons. The molecule has 1 aromatic rings. The minimum absolute atomic E-state index is 0.218. The van der Waals surface area contributed by atoms with Crippen molar-refractivity contribution in [2.75, 3.05) is 18.0 Å². The van der Waals surface area contributed by atoms with Crippen LogP contribution in [0.15, 0.2) is 12.3 Å². The normalized spacial score (nSPS) is 21.2. The van der Waals surface area contributed by atoms with Gasteiger partial charge in [0.1, 0.15) is 5.82 Å². The largest absolute Gasteiger partial charge is 0.391 e. The summed E-state index contributed by atoms with van der Waals surface area (Å²) >= 11 is 0. The fourth-order valence-corrected chi connectivity index (χ4v) is 2.22. The van der Waals surface area contributed by atoms with Crippen molar-refractivity contribution in [1.29, 1.82) is 0 Å². The van der Waals surface area contributed by atoms with Gasteiger partial charge in [0.15, 0.2) is 0 Å². The average molecular weight is 221 g/mol. The van der Waals surface area contributed by atoms with Crippen molar-refractivity contribution >= 4 is 5.82 Å². The highest BCUT2D eigenvalue weighted by Crippen LogP contribution is 2.21. The summed E-state index contributed by atoms with van der Waals surface area (Å²) in [4.78, 5) is 6.60. The van der Waals surface area contributed by atoms with E-state index in [9.17, 15) is 5.11 Å². The first-order valence-electron chi connectivity index (χ1n) is 5.79. The summed E-state index contributed by atoms with van der Waals surface area (Å²) in [6, 6.07) is 2.07. The highest BCUT2D eigenvalue weighted by Gasteiger charge is 2.19. The SMILES string of the molecule is Cc1cc(CN)cnc1N1CCCC(O)C1. The second-order valence-corrected chi connectivity index (χ2v) is 4.43. The second-order valence-electron chi connectivity index (χ2n) is 4.43. The van der Waals surface area contributed by atoms with Crippen molar-refractivity contribution < 1.29 is 5.11 Å². The zero-order chi connectivity index (χ0) is 11.5. The molecule has 1 fully saturated rings. The molecule has 0 amide bonds. The van der Waals surface area contributed by atoms with Gasteiger partial charge in [-0.3, -0.25) is 0 Å². The van der Waals surface area contributed by atoms with Crippen molar-refractivity contribution in [2.24, 2.45) is 5.73 Å². The van der Waals surface area contributed by atoms with Crippen LogP contribution in [0.3, 0.4) is 0 Å². The Bertz CT molecular complexity index is 367. The Morgan fingerprint density at radius 2 is 2.44 bits per heavy atom. The molecule has 1 atom stereocenters. The van der Waals surface area contributed by atoms with Gasteiger partial charge in [-0.2, -0.15) is 0 Å². The molecule has 3 N–H and O–H groups in total. The number of nitrogens with two attached hydrogens (primary N) is 1. The third-order valence-corrected chi connectivity index (χ3v) is 3.04. The summed E-state index contributed by atoms with van der Waals surface area (Å²) in [6.07, 6.45) is 3.53. The number of rotatable bonds is 2. The van der Waals surface area contributed by atoms with E-state index >= 15 is 0 Å². The van der Waals surface area contributed by atoms with Gasteiger partial charge in [-0.1, -0.05) is 0 Å². The number of hydrogen-bond donors (Lipinski definition) is 2. The summed E-state index contributed by atoms with van der Waals surface area (Å²) < 4.78 is 0. The number of pyridine rings is 1. The van der Waals surface area contributed by atoms with E-state index < -0.39 is 0 Å². The minimum atomic E-state index is -0.218. The topological polar surface area (TPSA) is 62.4 Å². The molecule has 0 aliphatic carbocycles. The zero-order valence-corrected chi connectivity index (χ0v) is 9.69. The van der Waals surface area contributed by atoms with Crippen LogP contribution < -0.4 is 10.6 Å². The Hall–Kier alpha value is -1.13. The van der Waals surface area contributed by atoms with Crippen LogP contribution in [0.2, 0.25) is 0 Å². The van der Waals surface area contributed by atoms with Crippen LogP contribution in [0.1, 0.15) is 24.0 Å². The number of β-amino-alcohol motifs (C(OH)–C–C–N with tert-alkyl or cyclic N) is 1. The van der Waals surface area contributed by atoms with E-state index in [0.29, 0.717) is 13.1 Å². The number of anilines is 1. The van der Waals surface area contributed by atoms with Crippen molar-refractivity contribution in [3.63, 3.8) is 0 Å². The van der Waals surface area contributed by atoms with Crippen LogP contribution in [0.5, 0.6) is 0 Å². The summed E-state index contributed by atoms with van der Waals surface area (Å²) in [7, 11) is 0. The van der Waals surface area contributed by atoms with Crippen LogP contribution in [0.4, 0.5) is 5.82 Å². The predicted molar refractivity (Wildman–Crippen MR) is 64.3 cm³/mol. The van der Waals surface area contributed by atoms with E-state index in [-0.39, 0.29) is 6.10 Å². The van der Waals surface area contributed by atoms with Gasteiger partial charge >= 0.3 is 0 Å². The van der Waals surface area contributed by atoms with Gasteiger partial charge in [-0.15, -0.1) is 0 Å². The molecule has 1 saturated heterocycles. The first kappa shape index (κ1) is 11.4. The molecular formula is C12H19N3O. The quantitative estimate of drug-likeness (QED) is 0.776. The maximum absolute atomic E-state index is 9.64. The predicted octanol–water partition coefficient (Wildman–Crippen LogP) is 0.810.